The topological polar surface area (TPSA) is 86.6 Å². The minimum atomic E-state index is -5.11. The van der Waals surface area contributed by atoms with E-state index in [0.29, 0.717) is 0 Å². The van der Waals surface area contributed by atoms with Crippen LogP contribution in [0.3, 0.4) is 0 Å². The molecular formula is H2AgNaO4Si. The first-order valence-corrected chi connectivity index (χ1v) is 2.57. The van der Waals surface area contributed by atoms with E-state index in [-0.39, 0.29) is 51.9 Å². The van der Waals surface area contributed by atoms with E-state index >= 15 is 0 Å². The molecule has 0 spiro atoms. The van der Waals surface area contributed by atoms with E-state index in [1.165, 1.54) is 0 Å². The summed E-state index contributed by atoms with van der Waals surface area (Å²) >= 11 is 0. The Labute approximate surface area is 79.5 Å². The molecule has 0 aromatic carbocycles. The first-order valence-electron chi connectivity index (χ1n) is 0.855. The van der Waals surface area contributed by atoms with Crippen molar-refractivity contribution in [1.82, 2.24) is 0 Å². The van der Waals surface area contributed by atoms with Crippen LogP contribution in [0.5, 0.6) is 0 Å². The van der Waals surface area contributed by atoms with Gasteiger partial charge in [0, 0.05) is 0 Å². The second-order valence-corrected chi connectivity index (χ2v) is 1.65. The molecule has 0 rings (SSSR count). The SMILES string of the molecule is [Ag+].[Na+].[O-][Si]([O-])(O)O. The Bertz CT molecular complexity index is 27.2. The molecule has 7 heteroatoms. The van der Waals surface area contributed by atoms with Crippen LogP contribution in [0.15, 0.2) is 0 Å². The maximum Gasteiger partial charge on any atom is 1.00 e. The van der Waals surface area contributed by atoms with E-state index in [4.69, 9.17) is 19.2 Å². The van der Waals surface area contributed by atoms with Crippen molar-refractivity contribution in [2.75, 3.05) is 0 Å². The predicted octanol–water partition coefficient (Wildman–Crippen LogP) is -6.87. The Balaban J connectivity index is -0.0000000800. The second kappa shape index (κ2) is 5.93. The fraction of sp³-hybridized carbons (Fsp3) is 0. The van der Waals surface area contributed by atoms with Crippen molar-refractivity contribution in [2.45, 2.75) is 0 Å². The average Bonchev–Trinajstić information content (AvgIpc) is 0.722. The number of rotatable bonds is 0. The van der Waals surface area contributed by atoms with Gasteiger partial charge in [0.1, 0.15) is 9.05 Å². The van der Waals surface area contributed by atoms with E-state index in [2.05, 4.69) is 0 Å². The van der Waals surface area contributed by atoms with Crippen molar-refractivity contribution in [3.63, 3.8) is 0 Å². The zero-order valence-corrected chi connectivity index (χ0v) is 7.99. The monoisotopic (exact) mass is 224 g/mol. The summed E-state index contributed by atoms with van der Waals surface area (Å²) < 4.78 is 0. The van der Waals surface area contributed by atoms with Crippen LogP contribution in [0.4, 0.5) is 0 Å². The molecule has 0 heterocycles. The summed E-state index contributed by atoms with van der Waals surface area (Å²) in [6.07, 6.45) is 0. The average molecular weight is 225 g/mol. The van der Waals surface area contributed by atoms with Crippen LogP contribution in [0, 0.1) is 0 Å². The van der Waals surface area contributed by atoms with Crippen molar-refractivity contribution in [2.24, 2.45) is 0 Å². The molecule has 7 heavy (non-hydrogen) atoms. The number of hydrogen-bond acceptors (Lipinski definition) is 4. The van der Waals surface area contributed by atoms with Crippen LogP contribution >= 0.6 is 0 Å². The predicted molar refractivity (Wildman–Crippen MR) is 10.2 cm³/mol. The van der Waals surface area contributed by atoms with Gasteiger partial charge in [-0.1, -0.05) is 0 Å². The first kappa shape index (κ1) is 15.9. The molecule has 0 saturated heterocycles. The third kappa shape index (κ3) is 81.1. The van der Waals surface area contributed by atoms with Crippen LogP contribution in [0.25, 0.3) is 0 Å². The molecule has 0 aromatic rings. The second-order valence-electron chi connectivity index (χ2n) is 0.548. The summed E-state index contributed by atoms with van der Waals surface area (Å²) in [6, 6.07) is 0. The molecule has 0 fully saturated rings. The van der Waals surface area contributed by atoms with Gasteiger partial charge in [0.05, 0.1) is 0 Å². The zero-order valence-electron chi connectivity index (χ0n) is 3.51. The Kier molecular flexibility index (Phi) is 13.5. The third-order valence-electron chi connectivity index (χ3n) is 0. The Morgan fingerprint density at radius 3 is 1.14 bits per heavy atom. The van der Waals surface area contributed by atoms with E-state index < -0.39 is 9.05 Å². The minimum absolute atomic E-state index is 0. The van der Waals surface area contributed by atoms with Gasteiger partial charge in [0.2, 0.25) is 0 Å². The van der Waals surface area contributed by atoms with Crippen LogP contribution in [-0.2, 0) is 22.4 Å². The molecule has 4 nitrogen and oxygen atoms in total. The molecule has 0 aliphatic rings. The molecule has 0 aliphatic carbocycles. The summed E-state index contributed by atoms with van der Waals surface area (Å²) in [5.41, 5.74) is 0. The van der Waals surface area contributed by atoms with Gasteiger partial charge < -0.3 is 19.2 Å². The van der Waals surface area contributed by atoms with Crippen LogP contribution in [0.1, 0.15) is 0 Å². The van der Waals surface area contributed by atoms with Gasteiger partial charge in [-0.05, 0) is 0 Å². The largest absolute Gasteiger partial charge is 1.00 e. The van der Waals surface area contributed by atoms with E-state index in [1.54, 1.807) is 0 Å². The summed E-state index contributed by atoms with van der Waals surface area (Å²) in [5.74, 6) is 0. The van der Waals surface area contributed by atoms with E-state index in [0.717, 1.165) is 0 Å². The Hall–Kier alpha value is 1.80. The normalized spacial score (nSPS) is 8.57. The fourth-order valence-electron chi connectivity index (χ4n) is 0. The maximum atomic E-state index is 8.80. The first-order chi connectivity index (χ1) is 2.00. The van der Waals surface area contributed by atoms with Crippen LogP contribution < -0.4 is 39.1 Å². The van der Waals surface area contributed by atoms with Gasteiger partial charge >= 0.3 is 51.9 Å². The molecule has 0 bridgehead atoms. The summed E-state index contributed by atoms with van der Waals surface area (Å²) in [6.45, 7) is 0. The molecule has 0 unspecified atom stereocenters. The van der Waals surface area contributed by atoms with Gasteiger partial charge in [-0.15, -0.1) is 0 Å². The Morgan fingerprint density at radius 1 is 1.14 bits per heavy atom. The van der Waals surface area contributed by atoms with E-state index in [1.807, 2.05) is 0 Å². The fourth-order valence-corrected chi connectivity index (χ4v) is 0. The molecule has 0 aromatic heterocycles. The van der Waals surface area contributed by atoms with Crippen molar-refractivity contribution < 1.29 is 71.1 Å². The van der Waals surface area contributed by atoms with Crippen LogP contribution in [-0.4, -0.2) is 18.6 Å². The van der Waals surface area contributed by atoms with Crippen molar-refractivity contribution in [1.29, 1.82) is 0 Å². The van der Waals surface area contributed by atoms with Crippen molar-refractivity contribution in [3.05, 3.63) is 0 Å². The molecule has 2 N–H and O–H groups in total. The summed E-state index contributed by atoms with van der Waals surface area (Å²) in [4.78, 5) is 31.8. The molecule has 0 radical (unpaired) electrons. The molecular weight excluding hydrogens is 223 g/mol. The quantitative estimate of drug-likeness (QED) is 0.401. The Morgan fingerprint density at radius 2 is 1.14 bits per heavy atom. The van der Waals surface area contributed by atoms with Crippen molar-refractivity contribution >= 4 is 9.05 Å². The molecule has 0 amide bonds. The summed E-state index contributed by atoms with van der Waals surface area (Å²) in [5, 5.41) is 0. The zero-order chi connectivity index (χ0) is 4.50. The minimum Gasteiger partial charge on any atom is -0.828 e. The van der Waals surface area contributed by atoms with Crippen molar-refractivity contribution in [3.8, 4) is 0 Å². The summed E-state index contributed by atoms with van der Waals surface area (Å²) in [7, 11) is -5.11. The molecule has 42 valence electrons. The van der Waals surface area contributed by atoms with Gasteiger partial charge in [0.15, 0.2) is 0 Å². The van der Waals surface area contributed by atoms with Gasteiger partial charge in [-0.25, -0.2) is 0 Å². The number of hydrogen-bond donors (Lipinski definition) is 2. The van der Waals surface area contributed by atoms with Gasteiger partial charge in [-0.2, -0.15) is 0 Å². The van der Waals surface area contributed by atoms with Gasteiger partial charge in [0.25, 0.3) is 0 Å². The third-order valence-corrected chi connectivity index (χ3v) is 0. The van der Waals surface area contributed by atoms with E-state index in [9.17, 15) is 0 Å². The maximum absolute atomic E-state index is 8.80. The smallest absolute Gasteiger partial charge is 0.828 e. The molecule has 0 aliphatic heterocycles. The van der Waals surface area contributed by atoms with Gasteiger partial charge in [-0.3, -0.25) is 0 Å². The standard InChI is InChI=1S/Ag.Na.H2O4Si/c;;1-5(2,3)4/h;;1-2H/q2*+1;-2. The van der Waals surface area contributed by atoms with Crippen LogP contribution in [0.2, 0.25) is 0 Å². The molecule has 0 atom stereocenters. The molecule has 0 saturated carbocycles.